The van der Waals surface area contributed by atoms with Crippen molar-refractivity contribution in [3.63, 3.8) is 0 Å². The highest BCUT2D eigenvalue weighted by atomic mass is 35.5. The van der Waals surface area contributed by atoms with Gasteiger partial charge in [0.15, 0.2) is 0 Å². The summed E-state index contributed by atoms with van der Waals surface area (Å²) < 4.78 is 0. The van der Waals surface area contributed by atoms with Crippen LogP contribution in [0.3, 0.4) is 0 Å². The number of nitrogens with zero attached hydrogens (tertiary/aromatic N) is 4. The standard InChI is InChI=1S/C19H21ClN6OS/c1-5-17(27)24-15-8-6-7-14(9-15)12-28-18-16(20)10-22-19(25-18)23-13(2)11-26(4)21-3/h5-11H,1,3,12H2,2,4H3,(H,24,27)(H,22,23,25)/b13-11+. The van der Waals surface area contributed by atoms with Gasteiger partial charge >= 0.3 is 0 Å². The molecule has 146 valence electrons. The lowest BCUT2D eigenvalue weighted by molar-refractivity contribution is -0.111. The van der Waals surface area contributed by atoms with Gasteiger partial charge in [0.25, 0.3) is 0 Å². The number of hydrazone groups is 1. The number of thioether (sulfide) groups is 1. The van der Waals surface area contributed by atoms with Gasteiger partial charge in [-0.1, -0.05) is 42.1 Å². The summed E-state index contributed by atoms with van der Waals surface area (Å²) in [5, 5.41) is 12.3. The number of nitrogens with one attached hydrogen (secondary N) is 2. The van der Waals surface area contributed by atoms with Crippen LogP contribution in [0.1, 0.15) is 12.5 Å². The predicted molar refractivity (Wildman–Crippen MR) is 117 cm³/mol. The fourth-order valence-electron chi connectivity index (χ4n) is 2.13. The molecule has 0 bridgehead atoms. The Kier molecular flexibility index (Phi) is 8.03. The molecular formula is C19H21ClN6OS. The molecule has 2 N–H and O–H groups in total. The number of rotatable bonds is 9. The Bertz CT molecular complexity index is 902. The molecule has 0 atom stereocenters. The zero-order valence-corrected chi connectivity index (χ0v) is 17.2. The SMILES string of the molecule is C=CC(=O)Nc1cccc(CSc2nc(N/C(C)=C/N(C)N=C)ncc2Cl)c1. The monoisotopic (exact) mass is 416 g/mol. The average molecular weight is 417 g/mol. The Hall–Kier alpha value is -2.84. The summed E-state index contributed by atoms with van der Waals surface area (Å²) in [6.07, 6.45) is 4.56. The molecule has 1 amide bonds. The van der Waals surface area contributed by atoms with Gasteiger partial charge < -0.3 is 10.6 Å². The molecule has 0 aliphatic rings. The van der Waals surface area contributed by atoms with Crippen LogP contribution in [0.2, 0.25) is 5.02 Å². The molecule has 28 heavy (non-hydrogen) atoms. The van der Waals surface area contributed by atoms with Crippen molar-refractivity contribution in [1.29, 1.82) is 0 Å². The van der Waals surface area contributed by atoms with E-state index >= 15 is 0 Å². The summed E-state index contributed by atoms with van der Waals surface area (Å²) in [5.74, 6) is 0.816. The largest absolute Gasteiger partial charge is 0.327 e. The number of carbonyl (C=O) groups excluding carboxylic acids is 1. The van der Waals surface area contributed by atoms with E-state index in [9.17, 15) is 4.79 Å². The second-order valence-corrected chi connectivity index (χ2v) is 7.05. The van der Waals surface area contributed by atoms with Crippen molar-refractivity contribution < 1.29 is 4.79 Å². The Morgan fingerprint density at radius 2 is 2.21 bits per heavy atom. The van der Waals surface area contributed by atoms with Crippen LogP contribution in [0.25, 0.3) is 0 Å². The first-order valence-corrected chi connectivity index (χ1v) is 9.60. The van der Waals surface area contributed by atoms with E-state index in [-0.39, 0.29) is 5.91 Å². The molecule has 1 aromatic carbocycles. The predicted octanol–water partition coefficient (Wildman–Crippen LogP) is 4.37. The molecule has 2 rings (SSSR count). The maximum atomic E-state index is 11.4. The number of hydrogen-bond donors (Lipinski definition) is 2. The Morgan fingerprint density at radius 1 is 1.43 bits per heavy atom. The first kappa shape index (κ1) is 21.5. The minimum absolute atomic E-state index is 0.250. The van der Waals surface area contributed by atoms with E-state index < -0.39 is 0 Å². The van der Waals surface area contributed by atoms with Crippen LogP contribution in [0.5, 0.6) is 0 Å². The van der Waals surface area contributed by atoms with Crippen molar-refractivity contribution in [2.75, 3.05) is 17.7 Å². The number of allylic oxidation sites excluding steroid dienone is 1. The number of carbonyl (C=O) groups is 1. The molecule has 0 saturated carbocycles. The van der Waals surface area contributed by atoms with Crippen molar-refractivity contribution in [3.05, 3.63) is 65.6 Å². The van der Waals surface area contributed by atoms with Crippen molar-refractivity contribution >= 4 is 47.6 Å². The third-order valence-electron chi connectivity index (χ3n) is 3.38. The van der Waals surface area contributed by atoms with Gasteiger partial charge in [0.2, 0.25) is 11.9 Å². The topological polar surface area (TPSA) is 82.5 Å². The fraction of sp³-hybridized carbons (Fsp3) is 0.158. The van der Waals surface area contributed by atoms with E-state index in [4.69, 9.17) is 11.6 Å². The second-order valence-electron chi connectivity index (χ2n) is 5.68. The van der Waals surface area contributed by atoms with E-state index in [0.29, 0.717) is 27.4 Å². The van der Waals surface area contributed by atoms with Crippen LogP contribution >= 0.6 is 23.4 Å². The van der Waals surface area contributed by atoms with Gasteiger partial charge in [-0.2, -0.15) is 5.10 Å². The molecular weight excluding hydrogens is 396 g/mol. The molecule has 0 radical (unpaired) electrons. The quantitative estimate of drug-likeness (QED) is 0.208. The molecule has 1 aromatic heterocycles. The fourth-order valence-corrected chi connectivity index (χ4v) is 3.21. The molecule has 0 unspecified atom stereocenters. The van der Waals surface area contributed by atoms with Gasteiger partial charge in [-0.3, -0.25) is 9.80 Å². The van der Waals surface area contributed by atoms with Crippen LogP contribution in [-0.4, -0.2) is 34.6 Å². The highest BCUT2D eigenvalue weighted by molar-refractivity contribution is 7.98. The number of hydrogen-bond acceptors (Lipinski definition) is 7. The average Bonchev–Trinajstić information content (AvgIpc) is 2.68. The zero-order chi connectivity index (χ0) is 20.5. The smallest absolute Gasteiger partial charge is 0.247 e. The molecule has 7 nitrogen and oxygen atoms in total. The van der Waals surface area contributed by atoms with E-state index in [1.54, 1.807) is 24.5 Å². The third-order valence-corrected chi connectivity index (χ3v) is 4.83. The number of halogens is 1. The van der Waals surface area contributed by atoms with Crippen LogP contribution < -0.4 is 10.6 Å². The van der Waals surface area contributed by atoms with Crippen molar-refractivity contribution in [2.24, 2.45) is 5.10 Å². The van der Waals surface area contributed by atoms with Crippen molar-refractivity contribution in [3.8, 4) is 0 Å². The van der Waals surface area contributed by atoms with Gasteiger partial charge in [-0.25, -0.2) is 9.97 Å². The van der Waals surface area contributed by atoms with Gasteiger partial charge in [-0.05, 0) is 30.7 Å². The first-order valence-electron chi connectivity index (χ1n) is 8.24. The number of benzene rings is 1. The Morgan fingerprint density at radius 3 is 2.93 bits per heavy atom. The maximum Gasteiger partial charge on any atom is 0.247 e. The Balaban J connectivity index is 2.07. The Labute approximate surface area is 173 Å². The summed E-state index contributed by atoms with van der Waals surface area (Å²) in [5.41, 5.74) is 2.53. The number of amides is 1. The summed E-state index contributed by atoms with van der Waals surface area (Å²) in [6, 6.07) is 7.56. The van der Waals surface area contributed by atoms with E-state index in [2.05, 4.69) is 39.0 Å². The summed E-state index contributed by atoms with van der Waals surface area (Å²) in [4.78, 5) is 20.1. The number of aromatic nitrogens is 2. The van der Waals surface area contributed by atoms with E-state index in [0.717, 1.165) is 11.3 Å². The molecule has 0 spiro atoms. The van der Waals surface area contributed by atoms with Gasteiger partial charge in [0.05, 0.1) is 11.2 Å². The highest BCUT2D eigenvalue weighted by Gasteiger charge is 2.08. The first-order chi connectivity index (χ1) is 13.4. The van der Waals surface area contributed by atoms with Crippen molar-refractivity contribution in [2.45, 2.75) is 17.7 Å². The summed E-state index contributed by atoms with van der Waals surface area (Å²) in [6.45, 7) is 8.77. The van der Waals surface area contributed by atoms with E-state index in [1.165, 1.54) is 17.8 Å². The van der Waals surface area contributed by atoms with Gasteiger partial charge in [0, 0.05) is 37.1 Å². The molecule has 1 heterocycles. The summed E-state index contributed by atoms with van der Waals surface area (Å²) in [7, 11) is 1.77. The van der Waals surface area contributed by atoms with Gasteiger partial charge in [0.1, 0.15) is 5.03 Å². The third kappa shape index (κ3) is 6.71. The molecule has 0 fully saturated rings. The molecule has 0 saturated heterocycles. The highest BCUT2D eigenvalue weighted by Crippen LogP contribution is 2.29. The normalized spacial score (nSPS) is 10.9. The van der Waals surface area contributed by atoms with Crippen molar-refractivity contribution in [1.82, 2.24) is 15.0 Å². The van der Waals surface area contributed by atoms with Crippen LogP contribution in [0, 0.1) is 0 Å². The second kappa shape index (κ2) is 10.5. The van der Waals surface area contributed by atoms with Crippen LogP contribution in [0.15, 0.2) is 65.1 Å². The number of anilines is 2. The lowest BCUT2D eigenvalue weighted by Crippen LogP contribution is -2.07. The minimum atomic E-state index is -0.250. The maximum absolute atomic E-state index is 11.4. The lowest BCUT2D eigenvalue weighted by Gasteiger charge is -2.11. The molecule has 0 aliphatic heterocycles. The lowest BCUT2D eigenvalue weighted by atomic mass is 10.2. The molecule has 2 aromatic rings. The van der Waals surface area contributed by atoms with Crippen LogP contribution in [0.4, 0.5) is 11.6 Å². The minimum Gasteiger partial charge on any atom is -0.327 e. The van der Waals surface area contributed by atoms with Crippen LogP contribution in [-0.2, 0) is 10.5 Å². The zero-order valence-electron chi connectivity index (χ0n) is 15.6. The molecule has 9 heteroatoms. The molecule has 0 aliphatic carbocycles. The van der Waals surface area contributed by atoms with E-state index in [1.807, 2.05) is 31.2 Å². The summed E-state index contributed by atoms with van der Waals surface area (Å²) >= 11 is 7.72. The van der Waals surface area contributed by atoms with Gasteiger partial charge in [-0.15, -0.1) is 0 Å².